The van der Waals surface area contributed by atoms with Gasteiger partial charge < -0.3 is 21.4 Å². The Hall–Kier alpha value is -2.56. The summed E-state index contributed by atoms with van der Waals surface area (Å²) in [4.78, 5) is 51.8. The van der Waals surface area contributed by atoms with Crippen molar-refractivity contribution < 1.29 is 24.7 Å². The summed E-state index contributed by atoms with van der Waals surface area (Å²) < 4.78 is 2.21. The number of nitrogens with one attached hydrogen (secondary N) is 1. The number of anilines is 1. The highest BCUT2D eigenvalue weighted by Crippen LogP contribution is 2.46. The maximum Gasteiger partial charge on any atom is 0.353 e. The molecular weight excluding hydrogens is 588 g/mol. The Morgan fingerprint density at radius 1 is 1.28 bits per heavy atom. The zero-order valence-corrected chi connectivity index (χ0v) is 22.4. The fraction of sp³-hybridized carbons (Fsp3) is 0.150. The quantitative estimate of drug-likeness (QED) is 0.144. The molecule has 2 atom stereocenters. The second-order valence-corrected chi connectivity index (χ2v) is 13.6. The smallest absolute Gasteiger partial charge is 0.353 e. The number of oxime groups is 1. The van der Waals surface area contributed by atoms with E-state index in [1.54, 1.807) is 0 Å². The minimum absolute atomic E-state index is 0.116. The van der Waals surface area contributed by atoms with E-state index in [0.717, 1.165) is 32.7 Å². The van der Waals surface area contributed by atoms with Crippen molar-refractivity contribution in [3.8, 4) is 0 Å². The van der Waals surface area contributed by atoms with E-state index in [9.17, 15) is 29.5 Å². The number of hydrogen-bond donors (Lipinski definition) is 4. The third-order valence-electron chi connectivity index (χ3n) is 5.23. The number of halogens is 1. The Kier molecular flexibility index (Phi) is 6.78. The fourth-order valence-electron chi connectivity index (χ4n) is 3.69. The Labute approximate surface area is 227 Å². The minimum atomic E-state index is -1.29. The average molecular weight is 601 g/mol. The number of carbonyl (C=O) groups is 3. The molecule has 5 heterocycles. The lowest BCUT2D eigenvalue weighted by Crippen LogP contribution is -2.71. The van der Waals surface area contributed by atoms with E-state index in [0.29, 0.717) is 18.8 Å². The first kappa shape index (κ1) is 25.1. The van der Waals surface area contributed by atoms with Crippen molar-refractivity contribution in [1.82, 2.24) is 10.2 Å². The normalized spacial score (nSPS) is 19.9. The van der Waals surface area contributed by atoms with Crippen molar-refractivity contribution in [2.75, 3.05) is 11.5 Å². The Morgan fingerprint density at radius 2 is 2.06 bits per heavy atom. The molecule has 5 N–H and O–H groups in total. The standard InChI is InChI=1S/C20H13ClN4O6S5/c21-16-6(3-10(22)36-16)12(24-31)17(27)23-13-18(28)25-14(20(29)30)9(5-33-19(13)25)35-11-4-7(26)15-8(34-11)1-2-32-15/h1-4,13,19,31H,5,22H2,(H,23,27)(H,29,30)/b24-12-. The van der Waals surface area contributed by atoms with E-state index in [-0.39, 0.29) is 26.8 Å². The average Bonchev–Trinajstić information content (AvgIpc) is 3.43. The number of aliphatic carboxylic acids is 1. The zero-order chi connectivity index (χ0) is 25.7. The maximum absolute atomic E-state index is 13.0. The van der Waals surface area contributed by atoms with Gasteiger partial charge in [-0.15, -0.1) is 45.8 Å². The number of rotatable bonds is 6. The number of β-lactam (4-membered cyclic amide) rings is 1. The SMILES string of the molecule is Nc1cc(/C(=N/O)C(=O)NC2C(=O)N3C(C(=O)O)=C(Sc4cc(=O)c5sccc5s4)CSC23)c(Cl)s1. The summed E-state index contributed by atoms with van der Waals surface area (Å²) in [6, 6.07) is 3.65. The van der Waals surface area contributed by atoms with Gasteiger partial charge in [0.15, 0.2) is 11.1 Å². The monoisotopic (exact) mass is 600 g/mol. The van der Waals surface area contributed by atoms with E-state index in [4.69, 9.17) is 17.3 Å². The number of nitrogen functional groups attached to an aromatic ring is 1. The van der Waals surface area contributed by atoms with Gasteiger partial charge in [0.1, 0.15) is 21.4 Å². The number of nitrogens with zero attached hydrogens (tertiary/aromatic N) is 2. The molecule has 0 aromatic carbocycles. The molecule has 3 aromatic rings. The molecule has 10 nitrogen and oxygen atoms in total. The molecule has 0 aliphatic carbocycles. The molecule has 36 heavy (non-hydrogen) atoms. The minimum Gasteiger partial charge on any atom is -0.477 e. The molecule has 0 radical (unpaired) electrons. The molecule has 186 valence electrons. The van der Waals surface area contributed by atoms with E-state index in [1.807, 2.05) is 11.4 Å². The van der Waals surface area contributed by atoms with Crippen LogP contribution in [-0.2, 0) is 14.4 Å². The molecule has 0 spiro atoms. The zero-order valence-electron chi connectivity index (χ0n) is 17.6. The molecular formula is C20H13ClN4O6S5. The van der Waals surface area contributed by atoms with Crippen LogP contribution in [0, 0.1) is 0 Å². The number of carboxylic acids is 1. The van der Waals surface area contributed by atoms with Crippen molar-refractivity contribution in [2.24, 2.45) is 5.16 Å². The van der Waals surface area contributed by atoms with E-state index in [2.05, 4.69) is 10.5 Å². The van der Waals surface area contributed by atoms with E-state index < -0.39 is 34.9 Å². The van der Waals surface area contributed by atoms with Crippen LogP contribution in [0.2, 0.25) is 4.34 Å². The highest BCUT2D eigenvalue weighted by atomic mass is 35.5. The Morgan fingerprint density at radius 3 is 2.72 bits per heavy atom. The predicted octanol–water partition coefficient (Wildman–Crippen LogP) is 3.29. The van der Waals surface area contributed by atoms with Crippen LogP contribution in [0.15, 0.2) is 48.3 Å². The summed E-state index contributed by atoms with van der Waals surface area (Å²) in [5, 5.41) is 26.2. The number of nitrogens with two attached hydrogens (primary N) is 1. The van der Waals surface area contributed by atoms with Gasteiger partial charge in [0.25, 0.3) is 11.8 Å². The van der Waals surface area contributed by atoms with Crippen LogP contribution < -0.4 is 16.5 Å². The van der Waals surface area contributed by atoms with Gasteiger partial charge >= 0.3 is 5.97 Å². The van der Waals surface area contributed by atoms with Crippen molar-refractivity contribution in [2.45, 2.75) is 15.6 Å². The van der Waals surface area contributed by atoms with Gasteiger partial charge in [-0.1, -0.05) is 28.5 Å². The molecule has 5 rings (SSSR count). The second-order valence-electron chi connectivity index (χ2n) is 7.37. The van der Waals surface area contributed by atoms with Gasteiger partial charge in [-0.05, 0) is 17.5 Å². The van der Waals surface area contributed by atoms with E-state index >= 15 is 0 Å². The maximum atomic E-state index is 13.0. The van der Waals surface area contributed by atoms with Crippen LogP contribution in [0.5, 0.6) is 0 Å². The number of fused-ring (bicyclic) bond motifs is 2. The molecule has 2 unspecified atom stereocenters. The molecule has 2 amide bonds. The predicted molar refractivity (Wildman–Crippen MR) is 144 cm³/mol. The van der Waals surface area contributed by atoms with Crippen LogP contribution >= 0.6 is 69.1 Å². The molecule has 0 bridgehead atoms. The molecule has 2 aliphatic rings. The van der Waals surface area contributed by atoms with Crippen LogP contribution in [-0.4, -0.2) is 55.9 Å². The van der Waals surface area contributed by atoms with Crippen LogP contribution in [0.3, 0.4) is 0 Å². The number of carbonyl (C=O) groups excluding carboxylic acids is 2. The topological polar surface area (TPSA) is 162 Å². The summed E-state index contributed by atoms with van der Waals surface area (Å²) in [7, 11) is 0. The molecule has 3 aromatic heterocycles. The van der Waals surface area contributed by atoms with Crippen molar-refractivity contribution in [3.05, 3.63) is 54.3 Å². The van der Waals surface area contributed by atoms with Gasteiger partial charge in [-0.2, -0.15) is 0 Å². The van der Waals surface area contributed by atoms with Gasteiger partial charge in [-0.25, -0.2) is 4.79 Å². The van der Waals surface area contributed by atoms with Crippen molar-refractivity contribution in [3.63, 3.8) is 0 Å². The first-order chi connectivity index (χ1) is 17.2. The highest BCUT2D eigenvalue weighted by Gasteiger charge is 2.54. The summed E-state index contributed by atoms with van der Waals surface area (Å²) in [6.45, 7) is 0. The largest absolute Gasteiger partial charge is 0.477 e. The first-order valence-electron chi connectivity index (χ1n) is 9.88. The van der Waals surface area contributed by atoms with Crippen LogP contribution in [0.4, 0.5) is 5.00 Å². The summed E-state index contributed by atoms with van der Waals surface area (Å²) in [5.41, 5.74) is 5.06. The third-order valence-corrected chi connectivity index (χ3v) is 11.2. The highest BCUT2D eigenvalue weighted by molar-refractivity contribution is 8.07. The lowest BCUT2D eigenvalue weighted by Gasteiger charge is -2.49. The second kappa shape index (κ2) is 9.72. The molecule has 1 fully saturated rings. The summed E-state index contributed by atoms with van der Waals surface area (Å²) in [6.07, 6.45) is 0. The van der Waals surface area contributed by atoms with Crippen LogP contribution in [0.25, 0.3) is 9.40 Å². The van der Waals surface area contributed by atoms with Gasteiger partial charge in [0.05, 0.1) is 18.6 Å². The number of thioether (sulfide) groups is 2. The number of thiophene rings is 2. The van der Waals surface area contributed by atoms with Crippen molar-refractivity contribution >= 4 is 107 Å². The lowest BCUT2D eigenvalue weighted by molar-refractivity contribution is -0.150. The fourth-order valence-corrected chi connectivity index (χ4v) is 9.58. The first-order valence-corrected chi connectivity index (χ1v) is 14.6. The van der Waals surface area contributed by atoms with Gasteiger partial charge in [0.2, 0.25) is 0 Å². The molecule has 2 aliphatic heterocycles. The van der Waals surface area contributed by atoms with Gasteiger partial charge in [0, 0.05) is 22.3 Å². The molecule has 16 heteroatoms. The number of carboxylic acid groups (broad SMARTS) is 1. The summed E-state index contributed by atoms with van der Waals surface area (Å²) >= 11 is 12.2. The number of hydrogen-bond acceptors (Lipinski definition) is 12. The third kappa shape index (κ3) is 4.29. The van der Waals surface area contributed by atoms with E-state index in [1.165, 1.54) is 46.6 Å². The lowest BCUT2D eigenvalue weighted by atomic mass is 10.0. The van der Waals surface area contributed by atoms with Crippen LogP contribution in [0.1, 0.15) is 5.56 Å². The molecule has 0 saturated carbocycles. The number of amides is 2. The Bertz CT molecular complexity index is 1560. The van der Waals surface area contributed by atoms with Gasteiger partial charge in [-0.3, -0.25) is 19.3 Å². The Balaban J connectivity index is 1.38. The van der Waals surface area contributed by atoms with Crippen molar-refractivity contribution in [1.29, 1.82) is 0 Å². The molecule has 1 saturated heterocycles. The summed E-state index contributed by atoms with van der Waals surface area (Å²) in [5.74, 6) is -2.51.